The smallest absolute Gasteiger partial charge is 0.231 e. The highest BCUT2D eigenvalue weighted by atomic mass is 127. The van der Waals surface area contributed by atoms with Crippen molar-refractivity contribution in [2.24, 2.45) is 10.9 Å². The zero-order valence-electron chi connectivity index (χ0n) is 13.4. The predicted octanol–water partition coefficient (Wildman–Crippen LogP) is 2.64. The summed E-state index contributed by atoms with van der Waals surface area (Å²) in [6, 6.07) is 6.33. The number of rotatable bonds is 5. The first-order valence-corrected chi connectivity index (χ1v) is 8.14. The van der Waals surface area contributed by atoms with E-state index in [4.69, 9.17) is 9.47 Å². The molecule has 0 aromatic heterocycles. The molecule has 0 saturated heterocycles. The normalized spacial score (nSPS) is 20.7. The number of nitrogens with one attached hydrogen (secondary N) is 2. The highest BCUT2D eigenvalue weighted by Gasteiger charge is 2.44. The number of aliphatic imine (C=N–C) groups is 1. The summed E-state index contributed by atoms with van der Waals surface area (Å²) in [5.41, 5.74) is 1.56. The molecule has 0 bridgehead atoms. The Kier molecular flexibility index (Phi) is 4.89. The molecule has 2 saturated carbocycles. The van der Waals surface area contributed by atoms with E-state index in [9.17, 15) is 0 Å². The molecular formula is C17H24IN3O2. The van der Waals surface area contributed by atoms with Gasteiger partial charge in [0.25, 0.3) is 0 Å². The molecule has 0 unspecified atom stereocenters. The Morgan fingerprint density at radius 1 is 1.22 bits per heavy atom. The molecule has 1 aliphatic heterocycles. The van der Waals surface area contributed by atoms with Gasteiger partial charge in [-0.15, -0.1) is 24.0 Å². The Balaban J connectivity index is 0.00000156. The number of halogens is 1. The van der Waals surface area contributed by atoms with Crippen molar-refractivity contribution in [3.63, 3.8) is 0 Å². The van der Waals surface area contributed by atoms with Crippen LogP contribution in [0.1, 0.15) is 31.2 Å². The number of hydrogen-bond donors (Lipinski definition) is 2. The van der Waals surface area contributed by atoms with Crippen molar-refractivity contribution in [2.45, 2.75) is 31.1 Å². The largest absolute Gasteiger partial charge is 0.454 e. The van der Waals surface area contributed by atoms with E-state index < -0.39 is 0 Å². The number of benzene rings is 1. The molecule has 4 rings (SSSR count). The molecule has 0 amide bonds. The summed E-state index contributed by atoms with van der Waals surface area (Å²) in [6.07, 6.45) is 5.12. The SMILES string of the molecule is CN=C(NCC1CC1)NCC1(c2ccc3c(c2)OCO3)CC1.I. The fourth-order valence-electron chi connectivity index (χ4n) is 2.98. The first kappa shape index (κ1) is 16.7. The van der Waals surface area contributed by atoms with E-state index in [-0.39, 0.29) is 29.4 Å². The monoisotopic (exact) mass is 429 g/mol. The topological polar surface area (TPSA) is 54.9 Å². The quantitative estimate of drug-likeness (QED) is 0.430. The van der Waals surface area contributed by atoms with Gasteiger partial charge >= 0.3 is 0 Å². The maximum Gasteiger partial charge on any atom is 0.231 e. The van der Waals surface area contributed by atoms with Gasteiger partial charge in [0.2, 0.25) is 6.79 Å². The summed E-state index contributed by atoms with van der Waals surface area (Å²) < 4.78 is 10.9. The summed E-state index contributed by atoms with van der Waals surface area (Å²) in [5.74, 6) is 3.50. The molecule has 23 heavy (non-hydrogen) atoms. The van der Waals surface area contributed by atoms with Crippen LogP contribution in [0.5, 0.6) is 11.5 Å². The summed E-state index contributed by atoms with van der Waals surface area (Å²) in [5, 5.41) is 6.91. The summed E-state index contributed by atoms with van der Waals surface area (Å²) in [6.45, 7) is 2.29. The lowest BCUT2D eigenvalue weighted by Gasteiger charge is -2.19. The molecule has 2 fully saturated rings. The van der Waals surface area contributed by atoms with Crippen molar-refractivity contribution in [3.05, 3.63) is 23.8 Å². The second kappa shape index (κ2) is 6.75. The minimum absolute atomic E-state index is 0. The Labute approximate surface area is 154 Å². The average Bonchev–Trinajstić information content (AvgIpc) is 3.46. The maximum absolute atomic E-state index is 5.50. The number of ether oxygens (including phenoxy) is 2. The Bertz CT molecular complexity index is 598. The van der Waals surface area contributed by atoms with Gasteiger partial charge in [0.15, 0.2) is 17.5 Å². The standard InChI is InChI=1S/C17H23N3O2.HI/c1-18-16(19-9-12-2-3-12)20-10-17(6-7-17)13-4-5-14-15(8-13)22-11-21-14;/h4-5,8,12H,2-3,6-7,9-11H2,1H3,(H2,18,19,20);1H. The molecule has 0 radical (unpaired) electrons. The number of guanidine groups is 1. The van der Waals surface area contributed by atoms with Gasteiger partial charge in [0, 0.05) is 25.6 Å². The third-order valence-electron chi connectivity index (χ3n) is 4.91. The zero-order valence-corrected chi connectivity index (χ0v) is 15.8. The van der Waals surface area contributed by atoms with Crippen molar-refractivity contribution < 1.29 is 9.47 Å². The lowest BCUT2D eigenvalue weighted by Crippen LogP contribution is -2.41. The van der Waals surface area contributed by atoms with Gasteiger partial charge in [0.05, 0.1) is 0 Å². The average molecular weight is 429 g/mol. The molecule has 0 atom stereocenters. The first-order chi connectivity index (χ1) is 10.8. The van der Waals surface area contributed by atoms with Gasteiger partial charge < -0.3 is 20.1 Å². The third kappa shape index (κ3) is 3.67. The van der Waals surface area contributed by atoms with Crippen molar-refractivity contribution in [1.82, 2.24) is 10.6 Å². The summed E-state index contributed by atoms with van der Waals surface area (Å²) in [7, 11) is 1.84. The van der Waals surface area contributed by atoms with Gasteiger partial charge in [0.1, 0.15) is 0 Å². The molecule has 3 aliphatic rings. The van der Waals surface area contributed by atoms with Crippen molar-refractivity contribution in [1.29, 1.82) is 0 Å². The Hall–Kier alpha value is -1.18. The van der Waals surface area contributed by atoms with Crippen LogP contribution >= 0.6 is 24.0 Å². The van der Waals surface area contributed by atoms with Crippen LogP contribution in [0.2, 0.25) is 0 Å². The van der Waals surface area contributed by atoms with E-state index in [0.29, 0.717) is 6.79 Å². The predicted molar refractivity (Wildman–Crippen MR) is 101 cm³/mol. The van der Waals surface area contributed by atoms with Crippen molar-refractivity contribution in [2.75, 3.05) is 26.9 Å². The van der Waals surface area contributed by atoms with Crippen LogP contribution in [0.25, 0.3) is 0 Å². The molecule has 2 N–H and O–H groups in total. The van der Waals surface area contributed by atoms with Crippen LogP contribution in [0, 0.1) is 5.92 Å². The van der Waals surface area contributed by atoms with Gasteiger partial charge in [-0.1, -0.05) is 6.07 Å². The van der Waals surface area contributed by atoms with Crippen molar-refractivity contribution >= 4 is 29.9 Å². The Morgan fingerprint density at radius 2 is 2.00 bits per heavy atom. The van der Waals surface area contributed by atoms with E-state index >= 15 is 0 Å². The molecule has 1 aromatic carbocycles. The molecule has 5 nitrogen and oxygen atoms in total. The lowest BCUT2D eigenvalue weighted by atomic mass is 9.95. The number of nitrogens with zero attached hydrogens (tertiary/aromatic N) is 1. The van der Waals surface area contributed by atoms with E-state index in [2.05, 4.69) is 27.8 Å². The minimum Gasteiger partial charge on any atom is -0.454 e. The van der Waals surface area contributed by atoms with Crippen LogP contribution in [0.15, 0.2) is 23.2 Å². The summed E-state index contributed by atoms with van der Waals surface area (Å²) in [4.78, 5) is 4.32. The number of hydrogen-bond acceptors (Lipinski definition) is 3. The van der Waals surface area contributed by atoms with Crippen LogP contribution in [-0.2, 0) is 5.41 Å². The van der Waals surface area contributed by atoms with Crippen LogP contribution in [-0.4, -0.2) is 32.9 Å². The van der Waals surface area contributed by atoms with E-state index in [1.165, 1.54) is 31.2 Å². The van der Waals surface area contributed by atoms with Crippen molar-refractivity contribution in [3.8, 4) is 11.5 Å². The van der Waals surface area contributed by atoms with E-state index in [0.717, 1.165) is 36.5 Å². The highest BCUT2D eigenvalue weighted by Crippen LogP contribution is 2.49. The molecule has 126 valence electrons. The molecule has 1 aromatic rings. The summed E-state index contributed by atoms with van der Waals surface area (Å²) >= 11 is 0. The molecule has 1 heterocycles. The van der Waals surface area contributed by atoms with Gasteiger partial charge in [-0.25, -0.2) is 0 Å². The zero-order chi connectivity index (χ0) is 15.0. The molecule has 6 heteroatoms. The fourth-order valence-corrected chi connectivity index (χ4v) is 2.98. The van der Waals surface area contributed by atoms with E-state index in [1.54, 1.807) is 0 Å². The van der Waals surface area contributed by atoms with Crippen LogP contribution in [0.4, 0.5) is 0 Å². The molecular weight excluding hydrogens is 405 g/mol. The molecule has 2 aliphatic carbocycles. The lowest BCUT2D eigenvalue weighted by molar-refractivity contribution is 0.174. The van der Waals surface area contributed by atoms with Gasteiger partial charge in [-0.05, 0) is 49.3 Å². The van der Waals surface area contributed by atoms with Gasteiger partial charge in [-0.3, -0.25) is 4.99 Å². The second-order valence-electron chi connectivity index (χ2n) is 6.60. The minimum atomic E-state index is 0. The first-order valence-electron chi connectivity index (χ1n) is 8.14. The number of fused-ring (bicyclic) bond motifs is 1. The van der Waals surface area contributed by atoms with Crippen LogP contribution < -0.4 is 20.1 Å². The second-order valence-corrected chi connectivity index (χ2v) is 6.60. The van der Waals surface area contributed by atoms with Gasteiger partial charge in [-0.2, -0.15) is 0 Å². The third-order valence-corrected chi connectivity index (χ3v) is 4.91. The Morgan fingerprint density at radius 3 is 2.70 bits per heavy atom. The maximum atomic E-state index is 5.50. The highest BCUT2D eigenvalue weighted by molar-refractivity contribution is 14.0. The van der Waals surface area contributed by atoms with Crippen LogP contribution in [0.3, 0.4) is 0 Å². The fraction of sp³-hybridized carbons (Fsp3) is 0.588. The van der Waals surface area contributed by atoms with E-state index in [1.807, 2.05) is 13.1 Å². The molecule has 0 spiro atoms.